The molecule has 0 aromatic carbocycles. The maximum atomic E-state index is 13.2. The molecular weight excluding hydrogens is 498 g/mol. The zero-order valence-corrected chi connectivity index (χ0v) is 27.6. The summed E-state index contributed by atoms with van der Waals surface area (Å²) in [6.45, 7) is 6.47. The Morgan fingerprint density at radius 1 is 0.525 bits per heavy atom. The summed E-state index contributed by atoms with van der Waals surface area (Å²) in [5.74, 6) is -0.978. The highest BCUT2D eigenvalue weighted by molar-refractivity contribution is 5.91. The Labute approximate surface area is 249 Å². The van der Waals surface area contributed by atoms with E-state index < -0.39 is 18.2 Å². The topological polar surface area (TPSA) is 74.6 Å². The Kier molecular flexibility index (Phi) is 25.4. The van der Waals surface area contributed by atoms with E-state index in [0.29, 0.717) is 12.8 Å². The third-order valence-electron chi connectivity index (χ3n) is 8.86. The lowest BCUT2D eigenvalue weighted by Crippen LogP contribution is -2.54. The summed E-state index contributed by atoms with van der Waals surface area (Å²) in [6.07, 6.45) is 25.6. The van der Waals surface area contributed by atoms with E-state index in [1.165, 1.54) is 103 Å². The highest BCUT2D eigenvalue weighted by atomic mass is 16.3. The van der Waals surface area contributed by atoms with Gasteiger partial charge in [-0.25, -0.2) is 0 Å². The molecule has 0 saturated heterocycles. The van der Waals surface area contributed by atoms with Crippen LogP contribution >= 0.6 is 0 Å². The van der Waals surface area contributed by atoms with Crippen LogP contribution in [0.4, 0.5) is 0 Å². The molecule has 5 heteroatoms. The number of unbranched alkanes of at least 4 members (excludes halogenated alkanes) is 20. The van der Waals surface area contributed by atoms with Gasteiger partial charge in [0.05, 0.1) is 26.6 Å². The minimum Gasteiger partial charge on any atom is -0.384 e. The van der Waals surface area contributed by atoms with Crippen LogP contribution < -0.4 is 0 Å². The summed E-state index contributed by atoms with van der Waals surface area (Å²) in [7, 11) is 3.71. The average Bonchev–Trinajstić information content (AvgIpc) is 2.92. The zero-order chi connectivity index (χ0) is 30.1. The molecule has 3 unspecified atom stereocenters. The van der Waals surface area contributed by atoms with E-state index in [1.54, 1.807) is 6.92 Å². The molecule has 0 aliphatic rings. The quantitative estimate of drug-likeness (QED) is 0.0515. The van der Waals surface area contributed by atoms with Crippen molar-refractivity contribution in [3.05, 3.63) is 0 Å². The van der Waals surface area contributed by atoms with Crippen molar-refractivity contribution in [3.63, 3.8) is 0 Å². The number of rotatable bonds is 30. The summed E-state index contributed by atoms with van der Waals surface area (Å²) >= 11 is 0. The molecule has 0 aromatic heterocycles. The third-order valence-corrected chi connectivity index (χ3v) is 8.86. The molecule has 0 aromatic rings. The summed E-state index contributed by atoms with van der Waals surface area (Å²) < 4.78 is 0.192. The van der Waals surface area contributed by atoms with E-state index in [2.05, 4.69) is 13.8 Å². The van der Waals surface area contributed by atoms with E-state index in [1.807, 2.05) is 14.1 Å². The SMILES string of the molecule is CCCCCCCCCCCCCC(=O)C(O)C(C[N+](C)(C)C(C)O)C(=O)CCCCCCCCCCCCC. The van der Waals surface area contributed by atoms with Crippen LogP contribution in [0.2, 0.25) is 0 Å². The average molecular weight is 569 g/mol. The Bertz CT molecular complexity index is 604. The third kappa shape index (κ3) is 21.0. The molecule has 0 heterocycles. The fraction of sp³-hybridized carbons (Fsp3) is 0.943. The first kappa shape index (κ1) is 39.2. The van der Waals surface area contributed by atoms with Gasteiger partial charge in [-0.2, -0.15) is 0 Å². The molecule has 238 valence electrons. The van der Waals surface area contributed by atoms with Gasteiger partial charge in [0.1, 0.15) is 11.9 Å². The van der Waals surface area contributed by atoms with Crippen LogP contribution in [-0.4, -0.2) is 59.2 Å². The largest absolute Gasteiger partial charge is 0.384 e. The monoisotopic (exact) mass is 569 g/mol. The standard InChI is InChI=1S/C35H70NO4/c1-6-8-10-12-14-16-18-20-22-24-26-28-33(38)32(30-36(4,5)31(3)37)35(40)34(39)29-27-25-23-21-19-17-15-13-11-9-7-2/h31-32,35,37,40H,6-30H2,1-5H3/q+1. The van der Waals surface area contributed by atoms with E-state index in [4.69, 9.17) is 0 Å². The maximum absolute atomic E-state index is 13.2. The molecule has 0 amide bonds. The number of ketones is 2. The second-order valence-corrected chi connectivity index (χ2v) is 13.1. The van der Waals surface area contributed by atoms with E-state index >= 15 is 0 Å². The number of hydrogen-bond acceptors (Lipinski definition) is 4. The molecule has 3 atom stereocenters. The van der Waals surface area contributed by atoms with Crippen LogP contribution in [0.1, 0.15) is 175 Å². The van der Waals surface area contributed by atoms with Gasteiger partial charge in [-0.1, -0.05) is 142 Å². The number of quaternary nitrogens is 1. The number of aliphatic hydroxyl groups is 2. The van der Waals surface area contributed by atoms with Crippen molar-refractivity contribution in [2.24, 2.45) is 5.92 Å². The number of nitrogens with zero attached hydrogens (tertiary/aromatic N) is 1. The number of Topliss-reactive ketones (excluding diaryl/α,β-unsaturated/α-hetero) is 2. The molecule has 0 fully saturated rings. The predicted molar refractivity (Wildman–Crippen MR) is 170 cm³/mol. The summed E-state index contributed by atoms with van der Waals surface area (Å²) in [5, 5.41) is 21.2. The van der Waals surface area contributed by atoms with Crippen molar-refractivity contribution >= 4 is 11.6 Å². The first-order valence-electron chi connectivity index (χ1n) is 17.4. The number of carbonyl (C=O) groups excluding carboxylic acids is 2. The fourth-order valence-electron chi connectivity index (χ4n) is 5.52. The van der Waals surface area contributed by atoms with E-state index in [0.717, 1.165) is 38.5 Å². The lowest BCUT2D eigenvalue weighted by Gasteiger charge is -2.36. The number of aliphatic hydroxyl groups excluding tert-OH is 2. The van der Waals surface area contributed by atoms with Crippen molar-refractivity contribution in [1.82, 2.24) is 0 Å². The summed E-state index contributed by atoms with van der Waals surface area (Å²) in [6, 6.07) is 0. The van der Waals surface area contributed by atoms with Gasteiger partial charge >= 0.3 is 0 Å². The fourth-order valence-corrected chi connectivity index (χ4v) is 5.52. The molecule has 0 spiro atoms. The number of carbonyl (C=O) groups is 2. The predicted octanol–water partition coefficient (Wildman–Crippen LogP) is 8.92. The zero-order valence-electron chi connectivity index (χ0n) is 27.6. The molecule has 0 rings (SSSR count). The van der Waals surface area contributed by atoms with E-state index in [9.17, 15) is 19.8 Å². The van der Waals surface area contributed by atoms with Crippen LogP contribution in [0, 0.1) is 5.92 Å². The molecule has 0 aliphatic heterocycles. The first-order chi connectivity index (χ1) is 19.2. The van der Waals surface area contributed by atoms with Crippen LogP contribution in [0.5, 0.6) is 0 Å². The van der Waals surface area contributed by atoms with Gasteiger partial charge in [-0.15, -0.1) is 0 Å². The summed E-state index contributed by atoms with van der Waals surface area (Å²) in [5.41, 5.74) is 0. The normalized spacial score (nSPS) is 14.3. The van der Waals surface area contributed by atoms with E-state index in [-0.39, 0.29) is 22.6 Å². The van der Waals surface area contributed by atoms with Crippen LogP contribution in [-0.2, 0) is 9.59 Å². The van der Waals surface area contributed by atoms with Gasteiger partial charge in [0.2, 0.25) is 0 Å². The summed E-state index contributed by atoms with van der Waals surface area (Å²) in [4.78, 5) is 26.1. The molecule has 40 heavy (non-hydrogen) atoms. The van der Waals surface area contributed by atoms with Gasteiger partial charge in [0.25, 0.3) is 0 Å². The van der Waals surface area contributed by atoms with Crippen molar-refractivity contribution in [3.8, 4) is 0 Å². The van der Waals surface area contributed by atoms with Gasteiger partial charge in [0.15, 0.2) is 12.0 Å². The van der Waals surface area contributed by atoms with Crippen molar-refractivity contribution in [2.45, 2.75) is 187 Å². The second kappa shape index (κ2) is 25.9. The molecule has 0 radical (unpaired) electrons. The van der Waals surface area contributed by atoms with Gasteiger partial charge in [-0.05, 0) is 12.8 Å². The van der Waals surface area contributed by atoms with Crippen molar-refractivity contribution in [2.75, 3.05) is 20.6 Å². The van der Waals surface area contributed by atoms with Gasteiger partial charge < -0.3 is 14.7 Å². The molecular formula is C35H70NO4+. The molecule has 5 nitrogen and oxygen atoms in total. The highest BCUT2D eigenvalue weighted by Crippen LogP contribution is 2.21. The second-order valence-electron chi connectivity index (χ2n) is 13.1. The van der Waals surface area contributed by atoms with Gasteiger partial charge in [-0.3, -0.25) is 9.59 Å². The Morgan fingerprint density at radius 2 is 0.825 bits per heavy atom. The Balaban J connectivity index is 4.40. The molecule has 0 bridgehead atoms. The van der Waals surface area contributed by atoms with Crippen molar-refractivity contribution in [1.29, 1.82) is 0 Å². The minimum atomic E-state index is -1.26. The lowest BCUT2D eigenvalue weighted by molar-refractivity contribution is -0.936. The van der Waals surface area contributed by atoms with Gasteiger partial charge in [0, 0.05) is 19.8 Å². The lowest BCUT2D eigenvalue weighted by atomic mass is 9.88. The molecule has 0 aliphatic carbocycles. The van der Waals surface area contributed by atoms with Crippen LogP contribution in [0.3, 0.4) is 0 Å². The molecule has 2 N–H and O–H groups in total. The van der Waals surface area contributed by atoms with Crippen molar-refractivity contribution < 1.29 is 24.3 Å². The highest BCUT2D eigenvalue weighted by Gasteiger charge is 2.38. The first-order valence-corrected chi connectivity index (χ1v) is 17.4. The number of hydrogen-bond donors (Lipinski definition) is 2. The molecule has 0 saturated carbocycles. The maximum Gasteiger partial charge on any atom is 0.187 e. The van der Waals surface area contributed by atoms with Crippen LogP contribution in [0.25, 0.3) is 0 Å². The Morgan fingerprint density at radius 3 is 1.15 bits per heavy atom. The minimum absolute atomic E-state index is 0.0254. The smallest absolute Gasteiger partial charge is 0.187 e. The van der Waals surface area contributed by atoms with Crippen LogP contribution in [0.15, 0.2) is 0 Å². The Hall–Kier alpha value is -0.780.